The van der Waals surface area contributed by atoms with Crippen molar-refractivity contribution in [2.24, 2.45) is 28.0 Å². The van der Waals surface area contributed by atoms with E-state index in [1.165, 1.54) is 78.5 Å². The third-order valence-corrected chi connectivity index (χ3v) is 11.4. The number of allylic oxidation sites excluding steroid dienone is 1. The minimum Gasteiger partial charge on any atom is -0.380 e. The smallest absolute Gasteiger partial charge is 0.0857 e. The zero-order valence-corrected chi connectivity index (χ0v) is 27.8. The summed E-state index contributed by atoms with van der Waals surface area (Å²) in [5.74, 6) is 4.13. The average Bonchev–Trinajstić information content (AvgIpc) is 3.81. The van der Waals surface area contributed by atoms with Crippen LogP contribution in [0, 0.1) is 17.8 Å². The maximum atomic E-state index is 4.10. The molecule has 3 nitrogen and oxygen atoms in total. The first-order valence-corrected chi connectivity index (χ1v) is 18.0. The lowest BCUT2D eigenvalue weighted by atomic mass is 9.61. The zero-order chi connectivity index (χ0) is 32.1. The van der Waals surface area contributed by atoms with Crippen molar-refractivity contribution in [1.29, 1.82) is 0 Å². The van der Waals surface area contributed by atoms with Crippen molar-refractivity contribution in [3.63, 3.8) is 0 Å². The Labute approximate surface area is 285 Å². The summed E-state index contributed by atoms with van der Waals surface area (Å²) < 4.78 is 0. The lowest BCUT2D eigenvalue weighted by molar-refractivity contribution is 0.137. The highest BCUT2D eigenvalue weighted by Crippen LogP contribution is 2.54. The Morgan fingerprint density at radius 3 is 1.88 bits per heavy atom. The monoisotopic (exact) mass is 627 g/mol. The number of hydrogen-bond acceptors (Lipinski definition) is 3. The van der Waals surface area contributed by atoms with Crippen LogP contribution >= 0.6 is 0 Å². The van der Waals surface area contributed by atoms with Gasteiger partial charge < -0.3 is 5.32 Å². The summed E-state index contributed by atoms with van der Waals surface area (Å²) in [4.78, 5) is 0. The molecule has 2 saturated carbocycles. The fourth-order valence-electron chi connectivity index (χ4n) is 9.19. The van der Waals surface area contributed by atoms with Crippen LogP contribution in [0.4, 0.5) is 11.4 Å². The molecule has 4 unspecified atom stereocenters. The van der Waals surface area contributed by atoms with Crippen LogP contribution in [-0.2, 0) is 19.4 Å². The number of aryl methyl sites for hydroxylation is 1. The van der Waals surface area contributed by atoms with Crippen molar-refractivity contribution in [2.75, 3.05) is 0 Å². The number of hydrogen-bond donors (Lipinski definition) is 1. The Kier molecular flexibility index (Phi) is 9.01. The Morgan fingerprint density at radius 2 is 1.12 bits per heavy atom. The van der Waals surface area contributed by atoms with Crippen LogP contribution in [0.15, 0.2) is 144 Å². The van der Waals surface area contributed by atoms with Gasteiger partial charge in [-0.3, -0.25) is 0 Å². The van der Waals surface area contributed by atoms with Crippen LogP contribution in [0.5, 0.6) is 0 Å². The second-order valence-corrected chi connectivity index (χ2v) is 14.0. The molecule has 240 valence electrons. The highest BCUT2D eigenvalue weighted by molar-refractivity contribution is 5.98. The van der Waals surface area contributed by atoms with Gasteiger partial charge in [0.05, 0.1) is 11.4 Å². The molecule has 10 rings (SSSR count). The summed E-state index contributed by atoms with van der Waals surface area (Å²) in [6.45, 7) is 0.948. The van der Waals surface area contributed by atoms with Gasteiger partial charge in [0.1, 0.15) is 0 Å². The summed E-state index contributed by atoms with van der Waals surface area (Å²) in [6, 6.07) is 46.1. The first kappa shape index (κ1) is 30.6. The summed E-state index contributed by atoms with van der Waals surface area (Å²) in [7, 11) is 0. The van der Waals surface area contributed by atoms with Gasteiger partial charge in [-0.1, -0.05) is 122 Å². The van der Waals surface area contributed by atoms with E-state index in [1.807, 2.05) is 60.7 Å². The molecule has 0 bridgehead atoms. The van der Waals surface area contributed by atoms with Gasteiger partial charge in [0.2, 0.25) is 0 Å². The van der Waals surface area contributed by atoms with Crippen LogP contribution in [-0.4, -0.2) is 0 Å². The molecule has 1 heterocycles. The molecule has 0 radical (unpaired) electrons. The highest BCUT2D eigenvalue weighted by atomic mass is 15.1. The molecule has 0 aromatic heterocycles. The number of nitrogens with one attached hydrogen (secondary N) is 1. The van der Waals surface area contributed by atoms with E-state index in [-0.39, 0.29) is 0 Å². The Bertz CT molecular complexity index is 1870. The Balaban J connectivity index is 0.000000106. The van der Waals surface area contributed by atoms with Crippen molar-refractivity contribution in [2.45, 2.75) is 63.8 Å². The third-order valence-electron chi connectivity index (χ3n) is 11.4. The number of fused-ring (bicyclic) bond motifs is 9. The number of nitrogens with zero attached hydrogens (tertiary/aromatic N) is 2. The Hall–Kier alpha value is -4.76. The van der Waals surface area contributed by atoms with E-state index in [0.717, 1.165) is 48.0 Å². The van der Waals surface area contributed by atoms with E-state index >= 15 is 0 Å². The largest absolute Gasteiger partial charge is 0.380 e. The predicted octanol–water partition coefficient (Wildman–Crippen LogP) is 11.9. The van der Waals surface area contributed by atoms with Gasteiger partial charge in [-0.25, -0.2) is 0 Å². The van der Waals surface area contributed by atoms with Gasteiger partial charge >= 0.3 is 0 Å². The van der Waals surface area contributed by atoms with Crippen molar-refractivity contribution in [3.8, 4) is 0 Å². The minimum absolute atomic E-state index is 0.872. The average molecular weight is 628 g/mol. The van der Waals surface area contributed by atoms with E-state index < -0.39 is 0 Å². The lowest BCUT2D eigenvalue weighted by Crippen LogP contribution is -2.33. The molecule has 0 amide bonds. The van der Waals surface area contributed by atoms with Gasteiger partial charge in [0.15, 0.2) is 0 Å². The van der Waals surface area contributed by atoms with Gasteiger partial charge in [0, 0.05) is 24.2 Å². The third kappa shape index (κ3) is 6.39. The number of benzene rings is 5. The van der Waals surface area contributed by atoms with E-state index in [4.69, 9.17) is 0 Å². The quantitative estimate of drug-likeness (QED) is 0.194. The lowest BCUT2D eigenvalue weighted by Gasteiger charge is -2.44. The topological polar surface area (TPSA) is 36.8 Å². The van der Waals surface area contributed by atoms with E-state index in [9.17, 15) is 0 Å². The minimum atomic E-state index is 0.872. The molecule has 1 N–H and O–H groups in total. The molecule has 5 aromatic rings. The van der Waals surface area contributed by atoms with E-state index in [1.54, 1.807) is 11.1 Å². The number of rotatable bonds is 2. The SMILES string of the molecule is c1ccc(N=Nc2ccccc2)cc1.c1ccc2c(c1)CCC1C2CCC2CCCC21.c1ccc2c(c1)CNC1=C2Cc2ccccc21. The van der Waals surface area contributed by atoms with Crippen LogP contribution in [0.25, 0.3) is 11.3 Å². The summed E-state index contributed by atoms with van der Waals surface area (Å²) >= 11 is 0. The molecule has 2 fully saturated rings. The molecule has 1 aliphatic heterocycles. The number of azo groups is 1. The van der Waals surface area contributed by atoms with Crippen molar-refractivity contribution < 1.29 is 0 Å². The normalized spacial score (nSPS) is 22.7. The maximum Gasteiger partial charge on any atom is 0.0857 e. The van der Waals surface area contributed by atoms with Crippen molar-refractivity contribution >= 4 is 22.6 Å². The first-order valence-electron chi connectivity index (χ1n) is 18.0. The molecule has 4 aliphatic carbocycles. The highest BCUT2D eigenvalue weighted by Gasteiger charge is 2.43. The maximum absolute atomic E-state index is 4.10. The molecule has 4 atom stereocenters. The van der Waals surface area contributed by atoms with Crippen LogP contribution in [0.3, 0.4) is 0 Å². The summed E-state index contributed by atoms with van der Waals surface area (Å²) in [6.07, 6.45) is 11.5. The van der Waals surface area contributed by atoms with Crippen molar-refractivity contribution in [3.05, 3.63) is 167 Å². The van der Waals surface area contributed by atoms with Gasteiger partial charge in [-0.2, -0.15) is 10.2 Å². The Morgan fingerprint density at radius 1 is 0.500 bits per heavy atom. The zero-order valence-electron chi connectivity index (χ0n) is 27.8. The van der Waals surface area contributed by atoms with Crippen LogP contribution < -0.4 is 5.32 Å². The summed E-state index contributed by atoms with van der Waals surface area (Å²) in [5, 5.41) is 11.8. The van der Waals surface area contributed by atoms with E-state index in [0.29, 0.717) is 0 Å². The second kappa shape index (κ2) is 14.2. The van der Waals surface area contributed by atoms with Crippen LogP contribution in [0.2, 0.25) is 0 Å². The molecule has 5 aliphatic rings. The van der Waals surface area contributed by atoms with E-state index in [2.05, 4.69) is 88.3 Å². The van der Waals surface area contributed by atoms with Gasteiger partial charge in [-0.15, -0.1) is 0 Å². The second-order valence-electron chi connectivity index (χ2n) is 14.0. The fraction of sp³-hybridized carbons (Fsp3) is 0.289. The molecule has 5 aromatic carbocycles. The molecule has 0 saturated heterocycles. The fourth-order valence-corrected chi connectivity index (χ4v) is 9.19. The standard InChI is InChI=1S/C17H22.C16H13N.C12H10N2/c1-2-6-14-12(4-1)8-10-17-15-7-3-5-13(15)9-11-16(14)17;1-4-8-14-11(5-1)9-15-13-7-3-2-6-12(13)10-17-16(14)15;1-3-7-11(8-4-1)13-14-12-9-5-2-6-10-12/h1-2,4,6,13,15-17H,3,5,7-11H2;1-8,17H,9-10H2;1-10H. The molecular formula is C45H45N3. The predicted molar refractivity (Wildman–Crippen MR) is 198 cm³/mol. The molecule has 3 heteroatoms. The van der Waals surface area contributed by atoms with Crippen molar-refractivity contribution in [1.82, 2.24) is 5.32 Å². The van der Waals surface area contributed by atoms with Gasteiger partial charge in [-0.05, 0) is 113 Å². The molecular weight excluding hydrogens is 583 g/mol. The summed E-state index contributed by atoms with van der Waals surface area (Å²) in [5.41, 5.74) is 13.6. The molecule has 0 spiro atoms. The van der Waals surface area contributed by atoms with Gasteiger partial charge in [0.25, 0.3) is 0 Å². The molecule has 48 heavy (non-hydrogen) atoms. The first-order chi connectivity index (χ1) is 23.8. The van der Waals surface area contributed by atoms with Crippen LogP contribution in [0.1, 0.15) is 77.8 Å².